The maximum atomic E-state index is 13.7. The first kappa shape index (κ1) is 21.0. The minimum Gasteiger partial charge on any atom is -0.492 e. The van der Waals surface area contributed by atoms with Crippen molar-refractivity contribution >= 4 is 27.7 Å². The van der Waals surface area contributed by atoms with Crippen LogP contribution in [0.4, 0.5) is 10.1 Å². The number of halogens is 1. The van der Waals surface area contributed by atoms with Gasteiger partial charge in [-0.2, -0.15) is 0 Å². The Bertz CT molecular complexity index is 1050. The van der Waals surface area contributed by atoms with Gasteiger partial charge in [0.25, 0.3) is 0 Å². The summed E-state index contributed by atoms with van der Waals surface area (Å²) in [4.78, 5) is 10.7. The summed E-state index contributed by atoms with van der Waals surface area (Å²) in [5.74, 6) is 0.784. The van der Waals surface area contributed by atoms with E-state index in [0.29, 0.717) is 41.9 Å². The van der Waals surface area contributed by atoms with Crippen molar-refractivity contribution in [2.75, 3.05) is 24.4 Å². The standard InChI is InChI=1S/C21H24FN3O3S/c1-15(2)11-28-20-10-17(22)7-8-19(20)21-23-13-25(14-24-21)18-6-4-5-16(9-18)12-29(3,26)27/h4-10,13,15H,11-12,14H2,1-3H3. The minimum absolute atomic E-state index is 0.0214. The molecule has 2 aromatic rings. The zero-order chi connectivity index (χ0) is 21.0. The van der Waals surface area contributed by atoms with Gasteiger partial charge < -0.3 is 9.64 Å². The third kappa shape index (κ3) is 5.87. The van der Waals surface area contributed by atoms with Crippen molar-refractivity contribution < 1.29 is 17.5 Å². The van der Waals surface area contributed by atoms with Crippen molar-refractivity contribution in [3.05, 3.63) is 59.4 Å². The van der Waals surface area contributed by atoms with E-state index in [1.54, 1.807) is 24.5 Å². The summed E-state index contributed by atoms with van der Waals surface area (Å²) in [6.45, 7) is 4.81. The fraction of sp³-hybridized carbons (Fsp3) is 0.333. The molecule has 154 valence electrons. The Morgan fingerprint density at radius 2 is 2.00 bits per heavy atom. The molecule has 0 bridgehead atoms. The van der Waals surface area contributed by atoms with E-state index in [0.717, 1.165) is 5.69 Å². The molecule has 0 N–H and O–H groups in total. The second kappa shape index (κ2) is 8.73. The van der Waals surface area contributed by atoms with Crippen LogP contribution in [0.3, 0.4) is 0 Å². The van der Waals surface area contributed by atoms with E-state index < -0.39 is 9.84 Å². The number of sulfone groups is 1. The molecule has 29 heavy (non-hydrogen) atoms. The van der Waals surface area contributed by atoms with Gasteiger partial charge in [0.05, 0.1) is 24.3 Å². The van der Waals surface area contributed by atoms with Crippen LogP contribution >= 0.6 is 0 Å². The summed E-state index contributed by atoms with van der Waals surface area (Å²) < 4.78 is 42.5. The highest BCUT2D eigenvalue weighted by molar-refractivity contribution is 7.89. The number of ether oxygens (including phenoxy) is 1. The van der Waals surface area contributed by atoms with Crippen LogP contribution in [0.2, 0.25) is 0 Å². The largest absolute Gasteiger partial charge is 0.492 e. The molecule has 0 unspecified atom stereocenters. The predicted molar refractivity (Wildman–Crippen MR) is 114 cm³/mol. The van der Waals surface area contributed by atoms with E-state index in [-0.39, 0.29) is 11.6 Å². The van der Waals surface area contributed by atoms with Gasteiger partial charge in [0.1, 0.15) is 18.2 Å². The van der Waals surface area contributed by atoms with E-state index in [9.17, 15) is 12.8 Å². The number of nitrogens with zero attached hydrogens (tertiary/aromatic N) is 3. The molecule has 0 aliphatic carbocycles. The van der Waals surface area contributed by atoms with Crippen molar-refractivity contribution in [3.63, 3.8) is 0 Å². The lowest BCUT2D eigenvalue weighted by Gasteiger charge is -2.22. The van der Waals surface area contributed by atoms with Gasteiger partial charge in [-0.25, -0.2) is 22.8 Å². The van der Waals surface area contributed by atoms with Crippen molar-refractivity contribution in [2.24, 2.45) is 15.9 Å². The van der Waals surface area contributed by atoms with Crippen LogP contribution in [-0.4, -0.2) is 40.1 Å². The number of hydrogen-bond donors (Lipinski definition) is 0. The van der Waals surface area contributed by atoms with Crippen LogP contribution < -0.4 is 9.64 Å². The maximum absolute atomic E-state index is 13.7. The molecule has 3 rings (SSSR count). The molecule has 1 heterocycles. The Morgan fingerprint density at radius 3 is 2.66 bits per heavy atom. The number of amidine groups is 1. The zero-order valence-electron chi connectivity index (χ0n) is 16.7. The van der Waals surface area contributed by atoms with E-state index in [4.69, 9.17) is 4.74 Å². The highest BCUT2D eigenvalue weighted by atomic mass is 32.2. The maximum Gasteiger partial charge on any atom is 0.161 e. The number of hydrogen-bond acceptors (Lipinski definition) is 6. The third-order valence-corrected chi connectivity index (χ3v) is 4.98. The molecule has 0 saturated heterocycles. The van der Waals surface area contributed by atoms with Gasteiger partial charge in [-0.05, 0) is 35.7 Å². The van der Waals surface area contributed by atoms with E-state index in [1.165, 1.54) is 18.4 Å². The molecule has 1 aliphatic heterocycles. The SMILES string of the molecule is CC(C)COc1cc(F)ccc1C1=NCN(c2cccc(CS(C)(=O)=O)c2)C=N1. The van der Waals surface area contributed by atoms with Crippen molar-refractivity contribution in [1.29, 1.82) is 0 Å². The molecule has 2 aromatic carbocycles. The molecule has 6 nitrogen and oxygen atoms in total. The summed E-state index contributed by atoms with van der Waals surface area (Å²) in [5.41, 5.74) is 2.14. The predicted octanol–water partition coefficient (Wildman–Crippen LogP) is 3.66. The molecule has 0 fully saturated rings. The van der Waals surface area contributed by atoms with Crippen molar-refractivity contribution in [3.8, 4) is 5.75 Å². The van der Waals surface area contributed by atoms with Gasteiger partial charge in [-0.15, -0.1) is 0 Å². The average Bonchev–Trinajstić information content (AvgIpc) is 2.65. The molecule has 0 aromatic heterocycles. The number of rotatable bonds is 7. The van der Waals surface area contributed by atoms with E-state index in [1.807, 2.05) is 30.9 Å². The summed E-state index contributed by atoms with van der Waals surface area (Å²) in [6.07, 6.45) is 2.84. The Kier molecular flexibility index (Phi) is 6.32. The first-order valence-corrected chi connectivity index (χ1v) is 11.3. The smallest absolute Gasteiger partial charge is 0.161 e. The van der Waals surface area contributed by atoms with Gasteiger partial charge in [-0.3, -0.25) is 0 Å². The summed E-state index contributed by atoms with van der Waals surface area (Å²) in [5, 5.41) is 0. The van der Waals surface area contributed by atoms with Gasteiger partial charge in [0.2, 0.25) is 0 Å². The monoisotopic (exact) mass is 417 g/mol. The number of aliphatic imine (C=N–C) groups is 2. The normalized spacial score (nSPS) is 14.2. The Balaban J connectivity index is 1.78. The molecule has 8 heteroatoms. The number of benzene rings is 2. The molecule has 0 radical (unpaired) electrons. The summed E-state index contributed by atoms with van der Waals surface area (Å²) in [7, 11) is -3.11. The zero-order valence-corrected chi connectivity index (χ0v) is 17.5. The van der Waals surface area contributed by atoms with Crippen molar-refractivity contribution in [1.82, 2.24) is 0 Å². The molecular formula is C21H24FN3O3S. The van der Waals surface area contributed by atoms with Crippen LogP contribution in [0.15, 0.2) is 52.4 Å². The third-order valence-electron chi connectivity index (χ3n) is 4.12. The highest BCUT2D eigenvalue weighted by Crippen LogP contribution is 2.24. The van der Waals surface area contributed by atoms with E-state index in [2.05, 4.69) is 9.98 Å². The van der Waals surface area contributed by atoms with Crippen LogP contribution in [0, 0.1) is 11.7 Å². The quantitative estimate of drug-likeness (QED) is 0.689. The van der Waals surface area contributed by atoms with Crippen LogP contribution in [-0.2, 0) is 15.6 Å². The first-order chi connectivity index (χ1) is 13.7. The highest BCUT2D eigenvalue weighted by Gasteiger charge is 2.16. The summed E-state index contributed by atoms with van der Waals surface area (Å²) >= 11 is 0. The molecule has 0 amide bonds. The Morgan fingerprint density at radius 1 is 1.21 bits per heavy atom. The minimum atomic E-state index is -3.11. The molecule has 0 atom stereocenters. The van der Waals surface area contributed by atoms with Gasteiger partial charge in [-0.1, -0.05) is 26.0 Å². The van der Waals surface area contributed by atoms with Crippen molar-refractivity contribution in [2.45, 2.75) is 19.6 Å². The van der Waals surface area contributed by atoms with Gasteiger partial charge in [0, 0.05) is 18.0 Å². The lowest BCUT2D eigenvalue weighted by Crippen LogP contribution is -2.27. The molecule has 0 saturated carbocycles. The topological polar surface area (TPSA) is 71.3 Å². The Labute approximate surface area is 170 Å². The molecule has 0 spiro atoms. The van der Waals surface area contributed by atoms with Gasteiger partial charge >= 0.3 is 0 Å². The fourth-order valence-corrected chi connectivity index (χ4v) is 3.62. The molecular weight excluding hydrogens is 393 g/mol. The van der Waals surface area contributed by atoms with E-state index >= 15 is 0 Å². The van der Waals surface area contributed by atoms with Crippen LogP contribution in [0.5, 0.6) is 5.75 Å². The lowest BCUT2D eigenvalue weighted by molar-refractivity contribution is 0.269. The number of anilines is 1. The van der Waals surface area contributed by atoms with Gasteiger partial charge in [0.15, 0.2) is 15.7 Å². The first-order valence-electron chi connectivity index (χ1n) is 9.26. The summed E-state index contributed by atoms with van der Waals surface area (Å²) in [6, 6.07) is 11.6. The Hall–Kier alpha value is -2.74. The second-order valence-corrected chi connectivity index (χ2v) is 9.56. The molecule has 1 aliphatic rings. The van der Waals surface area contributed by atoms with Crippen LogP contribution in [0.1, 0.15) is 25.0 Å². The second-order valence-electron chi connectivity index (χ2n) is 7.42. The average molecular weight is 418 g/mol. The fourth-order valence-electron chi connectivity index (χ4n) is 2.83. The van der Waals surface area contributed by atoms with Crippen LogP contribution in [0.25, 0.3) is 0 Å². The lowest BCUT2D eigenvalue weighted by atomic mass is 10.1.